The summed E-state index contributed by atoms with van der Waals surface area (Å²) >= 11 is 3.24. The third kappa shape index (κ3) is 7.90. The highest BCUT2D eigenvalue weighted by molar-refractivity contribution is 8.18. The van der Waals surface area contributed by atoms with Crippen molar-refractivity contribution < 1.29 is 14.3 Å². The van der Waals surface area contributed by atoms with Gasteiger partial charge in [0.1, 0.15) is 0 Å². The number of carbonyl (C=O) groups is 2. The first-order valence-electron chi connectivity index (χ1n) is 15.2. The van der Waals surface area contributed by atoms with Crippen molar-refractivity contribution in [1.29, 1.82) is 0 Å². The molecule has 1 fully saturated rings. The van der Waals surface area contributed by atoms with Gasteiger partial charge in [-0.1, -0.05) is 60.7 Å². The van der Waals surface area contributed by atoms with Gasteiger partial charge >= 0.3 is 0 Å². The van der Waals surface area contributed by atoms with Crippen LogP contribution in [0.5, 0.6) is 0 Å². The van der Waals surface area contributed by atoms with E-state index in [1.54, 1.807) is 30.7 Å². The summed E-state index contributed by atoms with van der Waals surface area (Å²) in [6, 6.07) is 26.2. The van der Waals surface area contributed by atoms with Crippen LogP contribution in [0.15, 0.2) is 99.2 Å². The molecular weight excluding hydrogens is 601 g/mol. The number of thioether (sulfide) groups is 2. The van der Waals surface area contributed by atoms with Crippen LogP contribution < -0.4 is 5.32 Å². The Labute approximate surface area is 274 Å². The molecule has 45 heavy (non-hydrogen) atoms. The number of nitrogens with zero attached hydrogens (tertiary/aromatic N) is 3. The molecular formula is C36H40N4O3S2. The minimum absolute atomic E-state index is 0.0118. The fourth-order valence-electron chi connectivity index (χ4n) is 5.46. The van der Waals surface area contributed by atoms with Crippen molar-refractivity contribution in [3.05, 3.63) is 116 Å². The summed E-state index contributed by atoms with van der Waals surface area (Å²) in [6.45, 7) is 9.23. The number of rotatable bonds is 11. The Hall–Kier alpha value is -3.79. The Morgan fingerprint density at radius 1 is 1.04 bits per heavy atom. The minimum Gasteiger partial charge on any atom is -0.385 e. The monoisotopic (exact) mass is 640 g/mol. The van der Waals surface area contributed by atoms with Crippen molar-refractivity contribution in [2.75, 3.05) is 44.4 Å². The molecule has 0 spiro atoms. The molecule has 7 nitrogen and oxygen atoms in total. The molecule has 1 amide bonds. The number of benzene rings is 3. The second-order valence-corrected chi connectivity index (χ2v) is 13.1. The lowest BCUT2D eigenvalue weighted by Gasteiger charge is -2.28. The van der Waals surface area contributed by atoms with Gasteiger partial charge in [-0.15, -0.1) is 11.8 Å². The molecule has 0 bridgehead atoms. The molecule has 1 saturated heterocycles. The molecule has 0 aliphatic carbocycles. The maximum absolute atomic E-state index is 14.3. The molecule has 3 aromatic rings. The number of nitrogens with one attached hydrogen (secondary N) is 1. The Morgan fingerprint density at radius 3 is 2.47 bits per heavy atom. The van der Waals surface area contributed by atoms with Gasteiger partial charge in [-0.05, 0) is 73.0 Å². The summed E-state index contributed by atoms with van der Waals surface area (Å²) in [5, 5.41) is 4.06. The van der Waals surface area contributed by atoms with Crippen LogP contribution in [0.25, 0.3) is 5.70 Å². The van der Waals surface area contributed by atoms with Crippen LogP contribution in [0, 0.1) is 0 Å². The summed E-state index contributed by atoms with van der Waals surface area (Å²) in [5.74, 6) is 0.713. The van der Waals surface area contributed by atoms with Gasteiger partial charge < -0.3 is 15.0 Å². The molecule has 1 N–H and O–H groups in total. The van der Waals surface area contributed by atoms with Gasteiger partial charge in [0.25, 0.3) is 5.91 Å². The maximum atomic E-state index is 14.3. The summed E-state index contributed by atoms with van der Waals surface area (Å²) in [6.07, 6.45) is 0. The third-order valence-electron chi connectivity index (χ3n) is 7.74. The van der Waals surface area contributed by atoms with E-state index in [4.69, 9.17) is 9.73 Å². The highest BCUT2D eigenvalue weighted by Gasteiger charge is 2.36. The number of ketones is 1. The van der Waals surface area contributed by atoms with Crippen LogP contribution in [0.2, 0.25) is 0 Å². The van der Waals surface area contributed by atoms with Gasteiger partial charge in [0.2, 0.25) is 0 Å². The smallest absolute Gasteiger partial charge is 0.267 e. The average molecular weight is 641 g/mol. The summed E-state index contributed by atoms with van der Waals surface area (Å²) in [7, 11) is 1.72. The Balaban J connectivity index is 1.51. The van der Waals surface area contributed by atoms with Crippen LogP contribution in [-0.2, 0) is 22.6 Å². The number of aliphatic imine (C=N–C) groups is 1. The Morgan fingerprint density at radius 2 is 1.78 bits per heavy atom. The zero-order chi connectivity index (χ0) is 31.8. The number of ether oxygens (including phenoxy) is 1. The number of hydrogen-bond acceptors (Lipinski definition) is 8. The first-order chi connectivity index (χ1) is 21.9. The van der Waals surface area contributed by atoms with Crippen molar-refractivity contribution in [2.45, 2.75) is 33.9 Å². The minimum atomic E-state index is -0.0184. The molecule has 234 valence electrons. The van der Waals surface area contributed by atoms with Gasteiger partial charge in [-0.2, -0.15) is 0 Å². The fourth-order valence-corrected chi connectivity index (χ4v) is 7.61. The zero-order valence-corrected chi connectivity index (χ0v) is 28.0. The molecule has 0 unspecified atom stereocenters. The zero-order valence-electron chi connectivity index (χ0n) is 26.3. The number of amides is 1. The van der Waals surface area contributed by atoms with Gasteiger partial charge in [0, 0.05) is 48.7 Å². The summed E-state index contributed by atoms with van der Waals surface area (Å²) in [5.41, 5.74) is 6.99. The molecule has 5 rings (SSSR count). The predicted octanol–water partition coefficient (Wildman–Crippen LogP) is 7.29. The van der Waals surface area contributed by atoms with E-state index in [9.17, 15) is 9.59 Å². The molecule has 0 aromatic heterocycles. The van der Waals surface area contributed by atoms with Crippen LogP contribution in [0.4, 0.5) is 5.69 Å². The standard InChI is InChI=1S/C36H40N4O3S2/c1-5-37-32-17-16-29(25(2)41)20-30(32)21-38-36-40(22-27-12-8-6-9-13-27)35(42)34(45-36)31-23-39(18-19-43-4)33(26(3)44-24-31)28-14-10-7-11-15-28/h6-17,20,37H,5,18-19,21-24H2,1-4H3/b34-31-,38-36?. The Bertz CT molecular complexity index is 1620. The van der Waals surface area contributed by atoms with E-state index >= 15 is 0 Å². The number of methoxy groups -OCH3 is 1. The van der Waals surface area contributed by atoms with Crippen LogP contribution in [-0.4, -0.2) is 65.8 Å². The van der Waals surface area contributed by atoms with Crippen LogP contribution in [0.1, 0.15) is 47.8 Å². The number of amidine groups is 1. The lowest BCUT2D eigenvalue weighted by molar-refractivity contribution is -0.122. The van der Waals surface area contributed by atoms with Gasteiger partial charge in [0.15, 0.2) is 11.0 Å². The summed E-state index contributed by atoms with van der Waals surface area (Å²) in [4.78, 5) is 37.6. The van der Waals surface area contributed by atoms with Crippen molar-refractivity contribution >= 4 is 51.8 Å². The number of allylic oxidation sites excluding steroid dienone is 1. The highest BCUT2D eigenvalue weighted by Crippen LogP contribution is 2.41. The van der Waals surface area contributed by atoms with Gasteiger partial charge in [-0.25, -0.2) is 0 Å². The largest absolute Gasteiger partial charge is 0.385 e. The lowest BCUT2D eigenvalue weighted by Crippen LogP contribution is -2.31. The second kappa shape index (κ2) is 15.5. The van der Waals surface area contributed by atoms with E-state index in [2.05, 4.69) is 41.4 Å². The maximum Gasteiger partial charge on any atom is 0.267 e. The van der Waals surface area contributed by atoms with Crippen LogP contribution >= 0.6 is 23.5 Å². The normalized spacial score (nSPS) is 18.1. The molecule has 0 radical (unpaired) electrons. The van der Waals surface area contributed by atoms with Crippen molar-refractivity contribution in [1.82, 2.24) is 9.80 Å². The first kappa shape index (κ1) is 32.6. The van der Waals surface area contributed by atoms with Gasteiger partial charge in [0.05, 0.1) is 30.3 Å². The molecule has 2 aliphatic heterocycles. The molecule has 0 saturated carbocycles. The molecule has 2 aliphatic rings. The summed E-state index contributed by atoms with van der Waals surface area (Å²) < 4.78 is 5.50. The Kier molecular flexibility index (Phi) is 11.2. The number of Topliss-reactive ketones (excluding diaryl/α,β-unsaturated/α-hetero) is 1. The molecule has 3 aromatic carbocycles. The lowest BCUT2D eigenvalue weighted by atomic mass is 10.1. The quantitative estimate of drug-likeness (QED) is 0.174. The van der Waals surface area contributed by atoms with Gasteiger partial charge in [-0.3, -0.25) is 19.5 Å². The van der Waals surface area contributed by atoms with E-state index in [-0.39, 0.29) is 11.7 Å². The van der Waals surface area contributed by atoms with Crippen LogP contribution in [0.3, 0.4) is 0 Å². The molecule has 9 heteroatoms. The highest BCUT2D eigenvalue weighted by atomic mass is 32.2. The fraction of sp³-hybridized carbons (Fsp3) is 0.306. The van der Waals surface area contributed by atoms with E-state index in [1.807, 2.05) is 61.5 Å². The number of carbonyl (C=O) groups excluding carboxylic acids is 2. The van der Waals surface area contributed by atoms with Crippen molar-refractivity contribution in [2.24, 2.45) is 4.99 Å². The van der Waals surface area contributed by atoms with Crippen molar-refractivity contribution in [3.8, 4) is 0 Å². The number of hydrogen-bond donors (Lipinski definition) is 1. The third-order valence-corrected chi connectivity index (χ3v) is 10.1. The molecule has 2 heterocycles. The topological polar surface area (TPSA) is 74.2 Å². The van der Waals surface area contributed by atoms with E-state index in [1.165, 1.54) is 22.4 Å². The first-order valence-corrected chi connectivity index (χ1v) is 17.0. The molecule has 0 atom stereocenters. The van der Waals surface area contributed by atoms with E-state index in [0.29, 0.717) is 43.5 Å². The number of anilines is 1. The average Bonchev–Trinajstić information content (AvgIpc) is 3.25. The van der Waals surface area contributed by atoms with E-state index in [0.717, 1.165) is 45.2 Å². The van der Waals surface area contributed by atoms with E-state index < -0.39 is 0 Å². The second-order valence-electron chi connectivity index (χ2n) is 10.9. The predicted molar refractivity (Wildman–Crippen MR) is 188 cm³/mol. The SMILES string of the molecule is CCNc1ccc(C(C)=O)cc1CN=C1S/C(=C2\CSC(C)=C(c3ccccc3)N(CCOC)C2)C(=O)N1Cc1ccccc1. The van der Waals surface area contributed by atoms with Crippen molar-refractivity contribution in [3.63, 3.8) is 0 Å².